The number of aliphatic hydroxyl groups is 1. The van der Waals surface area contributed by atoms with Gasteiger partial charge in [-0.3, -0.25) is 4.79 Å². The highest BCUT2D eigenvalue weighted by Crippen LogP contribution is 2.20. The maximum atomic E-state index is 12.9. The van der Waals surface area contributed by atoms with Crippen molar-refractivity contribution in [2.24, 2.45) is 5.92 Å². The number of amides is 1. The SMILES string of the molecule is CC(NS(=O)(=O)c1ccccc1C(=O)N[C@H](CO)C(C)C)c1ccccc1. The first-order chi connectivity index (χ1) is 12.8. The van der Waals surface area contributed by atoms with Crippen molar-refractivity contribution < 1.29 is 18.3 Å². The largest absolute Gasteiger partial charge is 0.394 e. The number of sulfonamides is 1. The Hall–Kier alpha value is -2.22. The molecular weight excluding hydrogens is 364 g/mol. The van der Waals surface area contributed by atoms with Gasteiger partial charge in [-0.2, -0.15) is 0 Å². The summed E-state index contributed by atoms with van der Waals surface area (Å²) in [7, 11) is -3.92. The Morgan fingerprint density at radius 2 is 1.59 bits per heavy atom. The molecular formula is C20H26N2O4S. The normalized spacial score (nSPS) is 14.0. The Kier molecular flexibility index (Phi) is 7.12. The lowest BCUT2D eigenvalue weighted by Gasteiger charge is -2.21. The highest BCUT2D eigenvalue weighted by atomic mass is 32.2. The van der Waals surface area contributed by atoms with Crippen LogP contribution < -0.4 is 10.0 Å². The first-order valence-electron chi connectivity index (χ1n) is 8.84. The van der Waals surface area contributed by atoms with Crippen LogP contribution in [0.1, 0.15) is 42.7 Å². The van der Waals surface area contributed by atoms with Crippen LogP contribution in [-0.2, 0) is 10.0 Å². The number of benzene rings is 2. The van der Waals surface area contributed by atoms with E-state index in [2.05, 4.69) is 10.0 Å². The fourth-order valence-corrected chi connectivity index (χ4v) is 4.10. The van der Waals surface area contributed by atoms with Crippen molar-refractivity contribution >= 4 is 15.9 Å². The minimum atomic E-state index is -3.92. The summed E-state index contributed by atoms with van der Waals surface area (Å²) >= 11 is 0. The number of carbonyl (C=O) groups excluding carboxylic acids is 1. The van der Waals surface area contributed by atoms with Crippen LogP contribution in [0.2, 0.25) is 0 Å². The molecule has 0 saturated heterocycles. The first kappa shape index (κ1) is 21.1. The van der Waals surface area contributed by atoms with Gasteiger partial charge in [0.05, 0.1) is 23.1 Å². The topological polar surface area (TPSA) is 95.5 Å². The fraction of sp³-hybridized carbons (Fsp3) is 0.350. The van der Waals surface area contributed by atoms with Gasteiger partial charge in [0.1, 0.15) is 0 Å². The summed E-state index contributed by atoms with van der Waals surface area (Å²) in [4.78, 5) is 12.5. The first-order valence-corrected chi connectivity index (χ1v) is 10.3. The molecule has 2 aromatic rings. The summed E-state index contributed by atoms with van der Waals surface area (Å²) < 4.78 is 28.4. The highest BCUT2D eigenvalue weighted by molar-refractivity contribution is 7.89. The van der Waals surface area contributed by atoms with Gasteiger partial charge in [0.2, 0.25) is 10.0 Å². The lowest BCUT2D eigenvalue weighted by molar-refractivity contribution is 0.0893. The lowest BCUT2D eigenvalue weighted by atomic mass is 10.0. The molecule has 0 aliphatic carbocycles. The van der Waals surface area contributed by atoms with Crippen LogP contribution in [0.5, 0.6) is 0 Å². The lowest BCUT2D eigenvalue weighted by Crippen LogP contribution is -2.41. The molecule has 2 atom stereocenters. The summed E-state index contributed by atoms with van der Waals surface area (Å²) in [5.74, 6) is -0.518. The zero-order valence-corrected chi connectivity index (χ0v) is 16.5. The van der Waals surface area contributed by atoms with E-state index >= 15 is 0 Å². The van der Waals surface area contributed by atoms with Crippen LogP contribution in [0, 0.1) is 5.92 Å². The van der Waals surface area contributed by atoms with E-state index in [4.69, 9.17) is 0 Å². The van der Waals surface area contributed by atoms with E-state index in [0.717, 1.165) is 5.56 Å². The van der Waals surface area contributed by atoms with Gasteiger partial charge in [-0.05, 0) is 30.5 Å². The Bertz CT molecular complexity index is 867. The molecule has 0 fully saturated rings. The van der Waals surface area contributed by atoms with Crippen LogP contribution >= 0.6 is 0 Å². The summed E-state index contributed by atoms with van der Waals surface area (Å²) in [6, 6.07) is 14.3. The van der Waals surface area contributed by atoms with E-state index in [1.807, 2.05) is 44.2 Å². The molecule has 1 amide bonds. The summed E-state index contributed by atoms with van der Waals surface area (Å²) in [6.07, 6.45) is 0. The quantitative estimate of drug-likeness (QED) is 0.645. The molecule has 0 saturated carbocycles. The monoisotopic (exact) mass is 390 g/mol. The standard InChI is InChI=1S/C20H26N2O4S/c1-14(2)18(13-23)21-20(24)17-11-7-8-12-19(17)27(25,26)22-15(3)16-9-5-4-6-10-16/h4-12,14-15,18,22-23H,13H2,1-3H3,(H,21,24)/t15?,18-/m1/s1. The van der Waals surface area contributed by atoms with Gasteiger partial charge in [0.15, 0.2) is 0 Å². The minimum absolute atomic E-state index is 0.0129. The van der Waals surface area contributed by atoms with Crippen LogP contribution in [0.25, 0.3) is 0 Å². The molecule has 6 nitrogen and oxygen atoms in total. The Labute approximate surface area is 160 Å². The molecule has 7 heteroatoms. The van der Waals surface area contributed by atoms with Crippen molar-refractivity contribution in [3.63, 3.8) is 0 Å². The van der Waals surface area contributed by atoms with Gasteiger partial charge >= 0.3 is 0 Å². The molecule has 0 spiro atoms. The van der Waals surface area contributed by atoms with Crippen LogP contribution in [0.3, 0.4) is 0 Å². The summed E-state index contributed by atoms with van der Waals surface area (Å²) in [6.45, 7) is 5.26. The smallest absolute Gasteiger partial charge is 0.252 e. The predicted octanol–water partition coefficient (Wildman–Crippen LogP) is 2.47. The van der Waals surface area contributed by atoms with Gasteiger partial charge in [0.25, 0.3) is 5.91 Å². The fourth-order valence-electron chi connectivity index (χ4n) is 2.66. The third-order valence-electron chi connectivity index (χ3n) is 4.37. The number of aliphatic hydroxyl groups excluding tert-OH is 1. The predicted molar refractivity (Wildman–Crippen MR) is 105 cm³/mol. The molecule has 0 bridgehead atoms. The number of hydrogen-bond acceptors (Lipinski definition) is 4. The molecule has 0 radical (unpaired) electrons. The Morgan fingerprint density at radius 1 is 1.00 bits per heavy atom. The third-order valence-corrected chi connectivity index (χ3v) is 5.97. The number of nitrogens with one attached hydrogen (secondary N) is 2. The maximum Gasteiger partial charge on any atom is 0.252 e. The molecule has 3 N–H and O–H groups in total. The van der Waals surface area contributed by atoms with E-state index in [9.17, 15) is 18.3 Å². The maximum absolute atomic E-state index is 12.9. The van der Waals surface area contributed by atoms with E-state index in [1.54, 1.807) is 19.1 Å². The van der Waals surface area contributed by atoms with E-state index in [1.165, 1.54) is 12.1 Å². The second kappa shape index (κ2) is 9.12. The van der Waals surface area contributed by atoms with Gasteiger partial charge < -0.3 is 10.4 Å². The molecule has 0 heterocycles. The molecule has 0 aliphatic heterocycles. The van der Waals surface area contributed by atoms with Crippen molar-refractivity contribution in [1.29, 1.82) is 0 Å². The van der Waals surface area contributed by atoms with E-state index < -0.39 is 28.0 Å². The second-order valence-corrected chi connectivity index (χ2v) is 8.44. The highest BCUT2D eigenvalue weighted by Gasteiger charge is 2.25. The van der Waals surface area contributed by atoms with Crippen LogP contribution in [0.4, 0.5) is 0 Å². The van der Waals surface area contributed by atoms with Gasteiger partial charge in [-0.25, -0.2) is 13.1 Å². The van der Waals surface area contributed by atoms with E-state index in [0.29, 0.717) is 0 Å². The van der Waals surface area contributed by atoms with Crippen molar-refractivity contribution in [2.75, 3.05) is 6.61 Å². The van der Waals surface area contributed by atoms with Crippen LogP contribution in [-0.4, -0.2) is 32.1 Å². The van der Waals surface area contributed by atoms with E-state index in [-0.39, 0.29) is 23.0 Å². The third kappa shape index (κ3) is 5.38. The Morgan fingerprint density at radius 3 is 2.19 bits per heavy atom. The average molecular weight is 391 g/mol. The average Bonchev–Trinajstić information content (AvgIpc) is 2.66. The Balaban J connectivity index is 2.29. The van der Waals surface area contributed by atoms with Gasteiger partial charge in [-0.1, -0.05) is 56.3 Å². The van der Waals surface area contributed by atoms with Crippen molar-refractivity contribution in [2.45, 2.75) is 37.8 Å². The zero-order chi connectivity index (χ0) is 20.0. The van der Waals surface area contributed by atoms with Gasteiger partial charge in [-0.15, -0.1) is 0 Å². The van der Waals surface area contributed by atoms with Gasteiger partial charge in [0, 0.05) is 6.04 Å². The number of rotatable bonds is 8. The minimum Gasteiger partial charge on any atom is -0.394 e. The number of hydrogen-bond donors (Lipinski definition) is 3. The molecule has 2 rings (SSSR count). The molecule has 27 heavy (non-hydrogen) atoms. The van der Waals surface area contributed by atoms with Crippen molar-refractivity contribution in [3.05, 3.63) is 65.7 Å². The van der Waals surface area contributed by atoms with Crippen molar-refractivity contribution in [3.8, 4) is 0 Å². The molecule has 0 aromatic heterocycles. The van der Waals surface area contributed by atoms with Crippen LogP contribution in [0.15, 0.2) is 59.5 Å². The molecule has 2 aromatic carbocycles. The zero-order valence-electron chi connectivity index (χ0n) is 15.7. The summed E-state index contributed by atoms with van der Waals surface area (Å²) in [5, 5.41) is 12.1. The summed E-state index contributed by atoms with van der Waals surface area (Å²) in [5.41, 5.74) is 0.868. The second-order valence-electron chi connectivity index (χ2n) is 6.76. The number of carbonyl (C=O) groups is 1. The molecule has 0 aliphatic rings. The molecule has 1 unspecified atom stereocenters. The molecule has 146 valence electrons. The van der Waals surface area contributed by atoms with Crippen molar-refractivity contribution in [1.82, 2.24) is 10.0 Å².